The molecule has 0 spiro atoms. The summed E-state index contributed by atoms with van der Waals surface area (Å²) >= 11 is 1.14. The van der Waals surface area contributed by atoms with Gasteiger partial charge in [-0.2, -0.15) is 0 Å². The quantitative estimate of drug-likeness (QED) is 0.701. The average molecular weight is 329 g/mol. The maximum atomic E-state index is 12.6. The Kier molecular flexibility index (Phi) is 6.47. The van der Waals surface area contributed by atoms with Crippen molar-refractivity contribution in [2.45, 2.75) is 72.1 Å². The van der Waals surface area contributed by atoms with Gasteiger partial charge in [-0.15, -0.1) is 0 Å². The number of hydrogen-bond acceptors (Lipinski definition) is 5. The molecule has 5 nitrogen and oxygen atoms in total. The minimum absolute atomic E-state index is 0.00203. The molecule has 1 fully saturated rings. The van der Waals surface area contributed by atoms with Gasteiger partial charge >= 0.3 is 5.97 Å². The molecule has 0 heterocycles. The third-order valence-corrected chi connectivity index (χ3v) is 4.39. The van der Waals surface area contributed by atoms with Crippen molar-refractivity contribution in [3.63, 3.8) is 0 Å². The van der Waals surface area contributed by atoms with Crippen molar-refractivity contribution in [1.29, 1.82) is 0 Å². The Labute approximate surface area is 137 Å². The highest BCUT2D eigenvalue weighted by molar-refractivity contribution is 8.13. The van der Waals surface area contributed by atoms with Crippen molar-refractivity contribution in [3.8, 4) is 0 Å². The van der Waals surface area contributed by atoms with Crippen LogP contribution < -0.4 is 0 Å². The molecule has 0 aromatic heterocycles. The van der Waals surface area contributed by atoms with Gasteiger partial charge in [-0.1, -0.05) is 18.7 Å². The fraction of sp³-hybridized carbons (Fsp3) is 0.812. The molecule has 2 unspecified atom stereocenters. The first-order valence-electron chi connectivity index (χ1n) is 7.71. The van der Waals surface area contributed by atoms with Crippen LogP contribution in [0.15, 0.2) is 0 Å². The summed E-state index contributed by atoms with van der Waals surface area (Å²) in [5.74, 6) is -0.300. The summed E-state index contributed by atoms with van der Waals surface area (Å²) in [5, 5.41) is -0.00203. The van der Waals surface area contributed by atoms with Crippen LogP contribution in [0.5, 0.6) is 0 Å². The van der Waals surface area contributed by atoms with Gasteiger partial charge in [-0.05, 0) is 40.5 Å². The van der Waals surface area contributed by atoms with Gasteiger partial charge in [0.15, 0.2) is 5.12 Å². The number of carbonyl (C=O) groups is 3. The second-order valence-electron chi connectivity index (χ2n) is 6.89. The van der Waals surface area contributed by atoms with Crippen LogP contribution in [0, 0.1) is 5.92 Å². The van der Waals surface area contributed by atoms with Gasteiger partial charge in [0.05, 0.1) is 0 Å². The highest BCUT2D eigenvalue weighted by atomic mass is 32.2. The molecule has 126 valence electrons. The zero-order valence-electron chi connectivity index (χ0n) is 14.3. The zero-order valence-corrected chi connectivity index (χ0v) is 15.2. The predicted molar refractivity (Wildman–Crippen MR) is 87.5 cm³/mol. The Hall–Kier alpha value is -1.04. The number of rotatable bonds is 6. The third kappa shape index (κ3) is 5.99. The average Bonchev–Trinajstić information content (AvgIpc) is 3.18. The van der Waals surface area contributed by atoms with E-state index < -0.39 is 11.6 Å². The summed E-state index contributed by atoms with van der Waals surface area (Å²) in [6, 6.07) is -0.469. The van der Waals surface area contributed by atoms with Crippen LogP contribution in [0.1, 0.15) is 54.4 Å². The second-order valence-corrected chi connectivity index (χ2v) is 8.09. The molecular weight excluding hydrogens is 302 g/mol. The Bertz CT molecular complexity index is 440. The van der Waals surface area contributed by atoms with Crippen LogP contribution in [0.4, 0.5) is 0 Å². The van der Waals surface area contributed by atoms with Gasteiger partial charge < -0.3 is 9.64 Å². The molecule has 22 heavy (non-hydrogen) atoms. The molecule has 1 aliphatic carbocycles. The van der Waals surface area contributed by atoms with Gasteiger partial charge in [-0.25, -0.2) is 4.79 Å². The van der Waals surface area contributed by atoms with Crippen molar-refractivity contribution in [2.75, 3.05) is 5.75 Å². The van der Waals surface area contributed by atoms with E-state index in [4.69, 9.17) is 4.74 Å². The van der Waals surface area contributed by atoms with Gasteiger partial charge in [-0.3, -0.25) is 9.59 Å². The molecule has 0 aromatic carbocycles. The lowest BCUT2D eigenvalue weighted by atomic mass is 10.1. The standard InChI is InChI=1S/C16H27NO4S/c1-10(9-22-12(3)18)14(19)17(13-7-8-13)11(2)15(20)21-16(4,5)6/h10-11,13H,7-9H2,1-6H3. The number of esters is 1. The van der Waals surface area contributed by atoms with Crippen LogP contribution in [0.25, 0.3) is 0 Å². The molecular formula is C16H27NO4S. The summed E-state index contributed by atoms with van der Waals surface area (Å²) in [7, 11) is 0. The molecule has 1 rings (SSSR count). The normalized spacial score (nSPS) is 17.5. The van der Waals surface area contributed by atoms with Crippen molar-refractivity contribution >= 4 is 28.8 Å². The maximum absolute atomic E-state index is 12.6. The summed E-state index contributed by atoms with van der Waals surface area (Å²) in [6.07, 6.45) is 1.84. The first-order valence-corrected chi connectivity index (χ1v) is 8.70. The van der Waals surface area contributed by atoms with E-state index in [0.717, 1.165) is 24.6 Å². The van der Waals surface area contributed by atoms with E-state index >= 15 is 0 Å². The molecule has 1 amide bonds. The van der Waals surface area contributed by atoms with E-state index in [1.807, 2.05) is 20.8 Å². The summed E-state index contributed by atoms with van der Waals surface area (Å²) in [4.78, 5) is 37.6. The number of hydrogen-bond donors (Lipinski definition) is 0. The molecule has 0 N–H and O–H groups in total. The first kappa shape index (κ1) is 19.0. The minimum atomic E-state index is -0.594. The fourth-order valence-corrected chi connectivity index (χ4v) is 2.74. The van der Waals surface area contributed by atoms with Crippen molar-refractivity contribution in [3.05, 3.63) is 0 Å². The van der Waals surface area contributed by atoms with E-state index in [1.54, 1.807) is 18.7 Å². The molecule has 1 saturated carbocycles. The van der Waals surface area contributed by atoms with E-state index in [9.17, 15) is 14.4 Å². The van der Waals surface area contributed by atoms with Gasteiger partial charge in [0.1, 0.15) is 11.6 Å². The first-order chi connectivity index (χ1) is 10.0. The molecule has 6 heteroatoms. The van der Waals surface area contributed by atoms with E-state index in [-0.39, 0.29) is 29.0 Å². The van der Waals surface area contributed by atoms with E-state index in [2.05, 4.69) is 0 Å². The third-order valence-electron chi connectivity index (χ3n) is 3.32. The number of amides is 1. The molecule has 0 aromatic rings. The van der Waals surface area contributed by atoms with Gasteiger partial charge in [0, 0.05) is 24.6 Å². The number of nitrogens with zero attached hydrogens (tertiary/aromatic N) is 1. The Morgan fingerprint density at radius 1 is 1.23 bits per heavy atom. The Morgan fingerprint density at radius 3 is 2.18 bits per heavy atom. The second kappa shape index (κ2) is 7.49. The van der Waals surface area contributed by atoms with E-state index in [0.29, 0.717) is 5.75 Å². The highest BCUT2D eigenvalue weighted by Crippen LogP contribution is 2.31. The molecule has 1 aliphatic rings. The predicted octanol–water partition coefficient (Wildman–Crippen LogP) is 2.62. The monoisotopic (exact) mass is 329 g/mol. The fourth-order valence-electron chi connectivity index (χ4n) is 2.11. The van der Waals surface area contributed by atoms with E-state index in [1.165, 1.54) is 6.92 Å². The van der Waals surface area contributed by atoms with Crippen molar-refractivity contribution < 1.29 is 19.1 Å². The number of ether oxygens (including phenoxy) is 1. The minimum Gasteiger partial charge on any atom is -0.458 e. The van der Waals surface area contributed by atoms with Crippen LogP contribution >= 0.6 is 11.8 Å². The summed E-state index contributed by atoms with van der Waals surface area (Å²) < 4.78 is 5.39. The van der Waals surface area contributed by atoms with Crippen LogP contribution in [0.3, 0.4) is 0 Å². The smallest absolute Gasteiger partial charge is 0.329 e. The van der Waals surface area contributed by atoms with Crippen molar-refractivity contribution in [1.82, 2.24) is 4.90 Å². The number of carbonyl (C=O) groups excluding carboxylic acids is 3. The van der Waals surface area contributed by atoms with Gasteiger partial charge in [0.2, 0.25) is 5.91 Å². The van der Waals surface area contributed by atoms with Crippen LogP contribution in [0.2, 0.25) is 0 Å². The van der Waals surface area contributed by atoms with Crippen LogP contribution in [-0.2, 0) is 19.1 Å². The topological polar surface area (TPSA) is 63.7 Å². The highest BCUT2D eigenvalue weighted by Gasteiger charge is 2.41. The lowest BCUT2D eigenvalue weighted by Crippen LogP contribution is -2.49. The molecule has 0 bridgehead atoms. The number of thioether (sulfide) groups is 1. The summed E-state index contributed by atoms with van der Waals surface area (Å²) in [6.45, 7) is 10.4. The lowest BCUT2D eigenvalue weighted by Gasteiger charge is -2.32. The zero-order chi connectivity index (χ0) is 17.1. The lowest BCUT2D eigenvalue weighted by molar-refractivity contribution is -0.165. The molecule has 0 radical (unpaired) electrons. The largest absolute Gasteiger partial charge is 0.458 e. The molecule has 2 atom stereocenters. The SMILES string of the molecule is CC(=O)SCC(C)C(=O)N(C1CC1)C(C)C(=O)OC(C)(C)C. The Morgan fingerprint density at radius 2 is 1.77 bits per heavy atom. The van der Waals surface area contributed by atoms with Gasteiger partial charge in [0.25, 0.3) is 0 Å². The maximum Gasteiger partial charge on any atom is 0.329 e. The molecule has 0 aliphatic heterocycles. The molecule has 0 saturated heterocycles. The van der Waals surface area contributed by atoms with Crippen LogP contribution in [-0.4, -0.2) is 45.3 Å². The van der Waals surface area contributed by atoms with Crippen molar-refractivity contribution in [2.24, 2.45) is 5.92 Å². The Balaban J connectivity index is 2.73. The summed E-state index contributed by atoms with van der Waals surface area (Å²) in [5.41, 5.74) is -0.570.